The van der Waals surface area contributed by atoms with Crippen molar-refractivity contribution in [3.05, 3.63) is 59.3 Å². The van der Waals surface area contributed by atoms with Crippen LogP contribution in [-0.4, -0.2) is 5.91 Å². The molecule has 0 aromatic heterocycles. The summed E-state index contributed by atoms with van der Waals surface area (Å²) in [4.78, 5) is 10.9. The van der Waals surface area contributed by atoms with Gasteiger partial charge >= 0.3 is 0 Å². The van der Waals surface area contributed by atoms with Crippen molar-refractivity contribution in [3.8, 4) is 0 Å². The molecule has 2 aliphatic rings. The molecule has 2 heteroatoms. The van der Waals surface area contributed by atoms with Gasteiger partial charge in [0.2, 0.25) is 5.91 Å². The maximum absolute atomic E-state index is 10.9. The summed E-state index contributed by atoms with van der Waals surface area (Å²) >= 11 is 0. The molecule has 1 amide bonds. The zero-order valence-corrected chi connectivity index (χ0v) is 7.08. The molecule has 0 radical (unpaired) electrons. The summed E-state index contributed by atoms with van der Waals surface area (Å²) in [5, 5.41) is 0. The number of nitrogens with two attached hydrogens (primary N) is 1. The second-order valence-electron chi connectivity index (χ2n) is 2.98. The SMILES string of the molecule is C=C(C(N)=O)C1=CC=C2C=CC=C21. The summed E-state index contributed by atoms with van der Waals surface area (Å²) in [6, 6.07) is 0. The number of carbonyl (C=O) groups is 1. The van der Waals surface area contributed by atoms with Crippen LogP contribution in [0.1, 0.15) is 0 Å². The average molecular weight is 171 g/mol. The average Bonchev–Trinajstić information content (AvgIpc) is 2.61. The molecule has 0 atom stereocenters. The topological polar surface area (TPSA) is 43.1 Å². The fourth-order valence-electron chi connectivity index (χ4n) is 1.48. The van der Waals surface area contributed by atoms with Gasteiger partial charge in [-0.1, -0.05) is 37.0 Å². The van der Waals surface area contributed by atoms with Crippen molar-refractivity contribution in [1.29, 1.82) is 0 Å². The third-order valence-corrected chi connectivity index (χ3v) is 2.19. The van der Waals surface area contributed by atoms with Crippen LogP contribution in [0, 0.1) is 0 Å². The Bertz CT molecular complexity index is 419. The van der Waals surface area contributed by atoms with Gasteiger partial charge in [0.1, 0.15) is 0 Å². The Hall–Kier alpha value is -1.83. The molecule has 0 fully saturated rings. The number of hydrogen-bond donors (Lipinski definition) is 1. The fraction of sp³-hybridized carbons (Fsp3) is 0. The van der Waals surface area contributed by atoms with E-state index >= 15 is 0 Å². The van der Waals surface area contributed by atoms with E-state index in [4.69, 9.17) is 5.73 Å². The molecule has 0 saturated heterocycles. The van der Waals surface area contributed by atoms with E-state index in [1.807, 2.05) is 30.4 Å². The minimum atomic E-state index is -0.464. The first-order valence-electron chi connectivity index (χ1n) is 4.00. The van der Waals surface area contributed by atoms with Gasteiger partial charge in [0.25, 0.3) is 0 Å². The fourth-order valence-corrected chi connectivity index (χ4v) is 1.48. The number of primary amides is 1. The van der Waals surface area contributed by atoms with Crippen LogP contribution in [0.5, 0.6) is 0 Å². The monoisotopic (exact) mass is 171 g/mol. The Labute approximate surface area is 76.4 Å². The van der Waals surface area contributed by atoms with E-state index in [9.17, 15) is 4.79 Å². The summed E-state index contributed by atoms with van der Waals surface area (Å²) in [6.07, 6.45) is 9.73. The Morgan fingerprint density at radius 1 is 1.31 bits per heavy atom. The van der Waals surface area contributed by atoms with E-state index in [0.717, 1.165) is 16.7 Å². The zero-order chi connectivity index (χ0) is 9.42. The van der Waals surface area contributed by atoms with Crippen molar-refractivity contribution in [1.82, 2.24) is 0 Å². The molecule has 2 nitrogen and oxygen atoms in total. The molecule has 0 spiro atoms. The molecule has 2 N–H and O–H groups in total. The van der Waals surface area contributed by atoms with Crippen LogP contribution < -0.4 is 5.73 Å². The Balaban J connectivity index is 2.33. The molecular weight excluding hydrogens is 162 g/mol. The lowest BCUT2D eigenvalue weighted by molar-refractivity contribution is -0.114. The van der Waals surface area contributed by atoms with Gasteiger partial charge in [-0.2, -0.15) is 0 Å². The van der Waals surface area contributed by atoms with Crippen molar-refractivity contribution < 1.29 is 4.79 Å². The van der Waals surface area contributed by atoms with Crippen LogP contribution in [-0.2, 0) is 4.79 Å². The molecule has 2 aliphatic carbocycles. The first kappa shape index (κ1) is 7.80. The van der Waals surface area contributed by atoms with Crippen molar-refractivity contribution in [3.63, 3.8) is 0 Å². The maximum atomic E-state index is 10.9. The van der Waals surface area contributed by atoms with Crippen LogP contribution in [0.4, 0.5) is 0 Å². The van der Waals surface area contributed by atoms with E-state index in [-0.39, 0.29) is 0 Å². The quantitative estimate of drug-likeness (QED) is 0.627. The third kappa shape index (κ3) is 1.07. The predicted octanol–water partition coefficient (Wildman–Crippen LogP) is 1.39. The summed E-state index contributed by atoms with van der Waals surface area (Å²) in [5.41, 5.74) is 8.53. The van der Waals surface area contributed by atoms with E-state index in [1.165, 1.54) is 0 Å². The Morgan fingerprint density at radius 2 is 2.08 bits per heavy atom. The normalized spacial score (nSPS) is 17.7. The minimum absolute atomic E-state index is 0.376. The van der Waals surface area contributed by atoms with Gasteiger partial charge < -0.3 is 5.73 Å². The molecule has 0 aromatic rings. The smallest absolute Gasteiger partial charge is 0.248 e. The van der Waals surface area contributed by atoms with Crippen molar-refractivity contribution in [2.45, 2.75) is 0 Å². The first-order valence-corrected chi connectivity index (χ1v) is 4.00. The van der Waals surface area contributed by atoms with Gasteiger partial charge in [-0.25, -0.2) is 0 Å². The summed E-state index contributed by atoms with van der Waals surface area (Å²) in [7, 11) is 0. The van der Waals surface area contributed by atoms with Gasteiger partial charge in [0.05, 0.1) is 0 Å². The number of rotatable bonds is 2. The highest BCUT2D eigenvalue weighted by Gasteiger charge is 2.20. The number of fused-ring (bicyclic) bond motifs is 1. The standard InChI is InChI=1S/C11H9NO/c1-7(11(12)13)9-6-5-8-3-2-4-10(8)9/h2-6H,1H2,(H2,12,13). The van der Waals surface area contributed by atoms with E-state index in [0.29, 0.717) is 5.57 Å². The van der Waals surface area contributed by atoms with Gasteiger partial charge in [0.15, 0.2) is 0 Å². The maximum Gasteiger partial charge on any atom is 0.248 e. The first-order chi connectivity index (χ1) is 6.20. The number of allylic oxidation sites excluding steroid dienone is 7. The molecule has 0 heterocycles. The molecule has 0 aromatic carbocycles. The minimum Gasteiger partial charge on any atom is -0.366 e. The van der Waals surface area contributed by atoms with Gasteiger partial charge in [-0.3, -0.25) is 4.79 Å². The number of amides is 1. The Morgan fingerprint density at radius 3 is 2.77 bits per heavy atom. The summed E-state index contributed by atoms with van der Waals surface area (Å²) < 4.78 is 0. The van der Waals surface area contributed by atoms with Crippen LogP contribution in [0.25, 0.3) is 0 Å². The van der Waals surface area contributed by atoms with E-state index in [1.54, 1.807) is 0 Å². The van der Waals surface area contributed by atoms with Gasteiger partial charge in [-0.05, 0) is 16.7 Å². The predicted molar refractivity (Wildman–Crippen MR) is 51.7 cm³/mol. The van der Waals surface area contributed by atoms with Gasteiger partial charge in [0, 0.05) is 5.57 Å². The Kier molecular flexibility index (Phi) is 1.55. The van der Waals surface area contributed by atoms with E-state index in [2.05, 4.69) is 6.58 Å². The molecule has 0 unspecified atom stereocenters. The molecule has 0 saturated carbocycles. The second-order valence-corrected chi connectivity index (χ2v) is 2.98. The second kappa shape index (κ2) is 2.59. The van der Waals surface area contributed by atoms with E-state index < -0.39 is 5.91 Å². The van der Waals surface area contributed by atoms with Crippen LogP contribution in [0.2, 0.25) is 0 Å². The highest BCUT2D eigenvalue weighted by atomic mass is 16.1. The highest BCUT2D eigenvalue weighted by Crippen LogP contribution is 2.34. The van der Waals surface area contributed by atoms with Crippen molar-refractivity contribution >= 4 is 5.91 Å². The van der Waals surface area contributed by atoms with Crippen LogP contribution in [0.3, 0.4) is 0 Å². The highest BCUT2D eigenvalue weighted by molar-refractivity contribution is 5.99. The van der Waals surface area contributed by atoms with Crippen LogP contribution in [0.15, 0.2) is 59.3 Å². The summed E-state index contributed by atoms with van der Waals surface area (Å²) in [6.45, 7) is 3.65. The number of hydrogen-bond acceptors (Lipinski definition) is 1. The molecule has 13 heavy (non-hydrogen) atoms. The molecular formula is C11H9NO. The summed E-state index contributed by atoms with van der Waals surface area (Å²) in [5.74, 6) is -0.464. The third-order valence-electron chi connectivity index (χ3n) is 2.19. The number of carbonyl (C=O) groups excluding carboxylic acids is 1. The lowest BCUT2D eigenvalue weighted by atomic mass is 10.00. The molecule has 0 aliphatic heterocycles. The van der Waals surface area contributed by atoms with Crippen LogP contribution >= 0.6 is 0 Å². The van der Waals surface area contributed by atoms with Crippen molar-refractivity contribution in [2.24, 2.45) is 5.73 Å². The largest absolute Gasteiger partial charge is 0.366 e. The van der Waals surface area contributed by atoms with Crippen molar-refractivity contribution in [2.75, 3.05) is 0 Å². The lowest BCUT2D eigenvalue weighted by Crippen LogP contribution is -2.14. The molecule has 64 valence electrons. The van der Waals surface area contributed by atoms with Gasteiger partial charge in [-0.15, -0.1) is 0 Å². The lowest BCUT2D eigenvalue weighted by Gasteiger charge is -2.04. The molecule has 0 bridgehead atoms. The molecule has 2 rings (SSSR count). The zero-order valence-electron chi connectivity index (χ0n) is 7.08.